The van der Waals surface area contributed by atoms with Gasteiger partial charge in [0.05, 0.1) is 0 Å². The van der Waals surface area contributed by atoms with Crippen molar-refractivity contribution in [1.82, 2.24) is 4.90 Å². The molecule has 1 unspecified atom stereocenters. The van der Waals surface area contributed by atoms with Gasteiger partial charge < -0.3 is 9.64 Å². The summed E-state index contributed by atoms with van der Waals surface area (Å²) in [6.07, 6.45) is 1.70. The lowest BCUT2D eigenvalue weighted by molar-refractivity contribution is 0.0230. The first-order valence-corrected chi connectivity index (χ1v) is 8.17. The third-order valence-electron chi connectivity index (χ3n) is 3.28. The second-order valence-electron chi connectivity index (χ2n) is 5.97. The molecule has 0 spiro atoms. The van der Waals surface area contributed by atoms with Gasteiger partial charge in [0.25, 0.3) is 0 Å². The summed E-state index contributed by atoms with van der Waals surface area (Å²) in [4.78, 5) is 15.2. The zero-order valence-electron chi connectivity index (χ0n) is 13.7. The maximum Gasteiger partial charge on any atom is 0.410 e. The van der Waals surface area contributed by atoms with Gasteiger partial charge in [-0.2, -0.15) is 0 Å². The average Bonchev–Trinajstić information content (AvgIpc) is 2.91. The molecule has 1 heterocycles. The van der Waals surface area contributed by atoms with Gasteiger partial charge in [-0.05, 0) is 50.6 Å². The molecule has 0 aromatic carbocycles. The molecule has 1 amide bonds. The number of ether oxygens (including phenoxy) is 1. The molecule has 1 atom stereocenters. The first kappa shape index (κ1) is 17.0. The van der Waals surface area contributed by atoms with E-state index in [0.717, 1.165) is 12.8 Å². The molecule has 0 radical (unpaired) electrons. The second kappa shape index (κ2) is 6.61. The van der Waals surface area contributed by atoms with E-state index in [1.54, 1.807) is 16.2 Å². The smallest absolute Gasteiger partial charge is 0.410 e. The van der Waals surface area contributed by atoms with Gasteiger partial charge in [-0.3, -0.25) is 0 Å². The molecular weight excluding hydrogens is 270 g/mol. The van der Waals surface area contributed by atoms with E-state index in [1.165, 1.54) is 16.0 Å². The summed E-state index contributed by atoms with van der Waals surface area (Å²) < 4.78 is 5.41. The summed E-state index contributed by atoms with van der Waals surface area (Å²) in [7, 11) is 1.84. The Morgan fingerprint density at radius 3 is 2.45 bits per heavy atom. The first-order chi connectivity index (χ1) is 9.28. The molecule has 0 bridgehead atoms. The van der Waals surface area contributed by atoms with Gasteiger partial charge in [0.2, 0.25) is 0 Å². The summed E-state index contributed by atoms with van der Waals surface area (Å²) >= 11 is 1.81. The highest BCUT2D eigenvalue weighted by Crippen LogP contribution is 2.33. The zero-order chi connectivity index (χ0) is 15.5. The van der Waals surface area contributed by atoms with Crippen LogP contribution in [0.3, 0.4) is 0 Å². The quantitative estimate of drug-likeness (QED) is 0.768. The monoisotopic (exact) mass is 297 g/mol. The molecule has 0 fully saturated rings. The summed E-state index contributed by atoms with van der Waals surface area (Å²) in [6, 6.07) is 0.251. The molecule has 1 aromatic rings. The molecular formula is C16H27NO2S. The number of rotatable bonds is 1. The number of fused-ring (bicyclic) bond motifs is 1. The number of hydrogen-bond acceptors (Lipinski definition) is 3. The third kappa shape index (κ3) is 3.98. The topological polar surface area (TPSA) is 29.5 Å². The van der Waals surface area contributed by atoms with Crippen molar-refractivity contribution in [3.63, 3.8) is 0 Å². The molecule has 20 heavy (non-hydrogen) atoms. The molecule has 4 heteroatoms. The van der Waals surface area contributed by atoms with E-state index in [4.69, 9.17) is 4.74 Å². The number of nitrogens with zero attached hydrogens (tertiary/aromatic N) is 1. The van der Waals surface area contributed by atoms with Crippen molar-refractivity contribution in [3.8, 4) is 0 Å². The van der Waals surface area contributed by atoms with Crippen molar-refractivity contribution in [2.45, 2.75) is 66.0 Å². The molecule has 0 saturated heterocycles. The van der Waals surface area contributed by atoms with Crippen LogP contribution >= 0.6 is 11.3 Å². The number of carbonyl (C=O) groups is 1. The molecule has 114 valence electrons. The Labute approximate surface area is 126 Å². The van der Waals surface area contributed by atoms with E-state index in [9.17, 15) is 4.79 Å². The van der Waals surface area contributed by atoms with Crippen LogP contribution in [-0.2, 0) is 17.6 Å². The lowest BCUT2D eigenvalue weighted by Crippen LogP contribution is -2.41. The van der Waals surface area contributed by atoms with E-state index >= 15 is 0 Å². The largest absolute Gasteiger partial charge is 0.444 e. The van der Waals surface area contributed by atoms with E-state index in [1.807, 2.05) is 41.7 Å². The predicted molar refractivity (Wildman–Crippen MR) is 85.6 cm³/mol. The highest BCUT2D eigenvalue weighted by molar-refractivity contribution is 7.10. The number of aryl methyl sites for hydroxylation is 1. The average molecular weight is 297 g/mol. The lowest BCUT2D eigenvalue weighted by atomic mass is 10.1. The number of carbonyl (C=O) groups excluding carboxylic acids is 1. The SMILES string of the molecule is CC.Cc1csc2c1CC(N(C)C(=O)OC(C)(C)C)C2. The van der Waals surface area contributed by atoms with Crippen LogP contribution < -0.4 is 0 Å². The Morgan fingerprint density at radius 2 is 1.95 bits per heavy atom. The van der Waals surface area contributed by atoms with E-state index < -0.39 is 5.60 Å². The molecule has 0 saturated carbocycles. The van der Waals surface area contributed by atoms with Crippen molar-refractivity contribution in [3.05, 3.63) is 21.4 Å². The second-order valence-corrected chi connectivity index (χ2v) is 6.94. The molecule has 0 N–H and O–H groups in total. The molecule has 1 aromatic heterocycles. The van der Waals surface area contributed by atoms with E-state index in [0.29, 0.717) is 0 Å². The number of likely N-dealkylation sites (N-methyl/N-ethyl adjacent to an activating group) is 1. The Balaban J connectivity index is 0.000000956. The van der Waals surface area contributed by atoms with E-state index in [-0.39, 0.29) is 12.1 Å². The fourth-order valence-electron chi connectivity index (χ4n) is 2.25. The summed E-state index contributed by atoms with van der Waals surface area (Å²) in [5.74, 6) is 0. The Morgan fingerprint density at radius 1 is 1.35 bits per heavy atom. The standard InChI is InChI=1S/C14H21NO2S.C2H6/c1-9-8-18-12-7-10(6-11(9)12)15(5)13(16)17-14(2,3)4;1-2/h8,10H,6-7H2,1-5H3;1-2H3. The zero-order valence-corrected chi connectivity index (χ0v) is 14.6. The van der Waals surface area contributed by atoms with Crippen LogP contribution in [0, 0.1) is 6.92 Å². The minimum Gasteiger partial charge on any atom is -0.444 e. The minimum atomic E-state index is -0.426. The van der Waals surface area contributed by atoms with Gasteiger partial charge in [0.15, 0.2) is 0 Å². The molecule has 1 aliphatic rings. The van der Waals surface area contributed by atoms with Gasteiger partial charge in [0.1, 0.15) is 5.60 Å². The Hall–Kier alpha value is -1.03. The number of hydrogen-bond donors (Lipinski definition) is 0. The summed E-state index contributed by atoms with van der Waals surface area (Å²) in [5.41, 5.74) is 2.36. The van der Waals surface area contributed by atoms with Crippen molar-refractivity contribution < 1.29 is 9.53 Å². The fraction of sp³-hybridized carbons (Fsp3) is 0.688. The van der Waals surface area contributed by atoms with Crippen LogP contribution in [0.15, 0.2) is 5.38 Å². The number of thiophene rings is 1. The van der Waals surface area contributed by atoms with Crippen molar-refractivity contribution in [1.29, 1.82) is 0 Å². The van der Waals surface area contributed by atoms with Crippen molar-refractivity contribution in [2.24, 2.45) is 0 Å². The molecule has 0 aliphatic heterocycles. The van der Waals surface area contributed by atoms with Gasteiger partial charge in [-0.15, -0.1) is 11.3 Å². The van der Waals surface area contributed by atoms with Crippen LogP contribution in [0.5, 0.6) is 0 Å². The maximum atomic E-state index is 12.0. The van der Waals surface area contributed by atoms with Gasteiger partial charge in [-0.1, -0.05) is 13.8 Å². The van der Waals surface area contributed by atoms with Crippen LogP contribution in [0.25, 0.3) is 0 Å². The Bertz CT molecular complexity index is 460. The molecule has 2 rings (SSSR count). The molecule has 1 aliphatic carbocycles. The van der Waals surface area contributed by atoms with Gasteiger partial charge in [0, 0.05) is 24.4 Å². The van der Waals surface area contributed by atoms with Crippen LogP contribution in [0.2, 0.25) is 0 Å². The highest BCUT2D eigenvalue weighted by atomic mass is 32.1. The predicted octanol–water partition coefficient (Wildman–Crippen LogP) is 4.42. The van der Waals surface area contributed by atoms with Gasteiger partial charge >= 0.3 is 6.09 Å². The summed E-state index contributed by atoms with van der Waals surface area (Å²) in [6.45, 7) is 11.8. The van der Waals surface area contributed by atoms with Crippen molar-refractivity contribution in [2.75, 3.05) is 7.05 Å². The van der Waals surface area contributed by atoms with Crippen LogP contribution in [0.4, 0.5) is 4.79 Å². The Kier molecular flexibility index (Phi) is 5.63. The lowest BCUT2D eigenvalue weighted by Gasteiger charge is -2.28. The van der Waals surface area contributed by atoms with Gasteiger partial charge in [-0.25, -0.2) is 4.79 Å². The van der Waals surface area contributed by atoms with Crippen LogP contribution in [0.1, 0.15) is 50.6 Å². The molecule has 3 nitrogen and oxygen atoms in total. The number of amides is 1. The van der Waals surface area contributed by atoms with Crippen molar-refractivity contribution >= 4 is 17.4 Å². The highest BCUT2D eigenvalue weighted by Gasteiger charge is 2.31. The minimum absolute atomic E-state index is 0.222. The normalized spacial score (nSPS) is 17.1. The third-order valence-corrected chi connectivity index (χ3v) is 4.45. The van der Waals surface area contributed by atoms with Crippen LogP contribution in [-0.4, -0.2) is 29.7 Å². The maximum absolute atomic E-state index is 12.0. The fourth-order valence-corrected chi connectivity index (χ4v) is 3.38. The van der Waals surface area contributed by atoms with E-state index in [2.05, 4.69) is 12.3 Å². The first-order valence-electron chi connectivity index (χ1n) is 7.29. The summed E-state index contributed by atoms with van der Waals surface area (Å²) in [5, 5.41) is 2.20.